The third-order valence-electron chi connectivity index (χ3n) is 2.81. The van der Waals surface area contributed by atoms with Crippen molar-refractivity contribution in [2.45, 2.75) is 33.1 Å². The van der Waals surface area contributed by atoms with Crippen molar-refractivity contribution >= 4 is 0 Å². The lowest BCUT2D eigenvalue weighted by atomic mass is 10.1. The predicted molar refractivity (Wildman–Crippen MR) is 76.5 cm³/mol. The predicted octanol–water partition coefficient (Wildman–Crippen LogP) is 2.36. The summed E-state index contributed by atoms with van der Waals surface area (Å²) in [6.45, 7) is 6.71. The lowest BCUT2D eigenvalue weighted by molar-refractivity contribution is -0.0122. The number of benzene rings is 1. The first-order chi connectivity index (χ1) is 9.21. The minimum atomic E-state index is 0.0811. The lowest BCUT2D eigenvalue weighted by Crippen LogP contribution is -2.16. The monoisotopic (exact) mass is 267 g/mol. The SMILES string of the molecule is CCOCC(C)OCc1cc(CNC)ccc1OC. The van der Waals surface area contributed by atoms with Crippen molar-refractivity contribution in [1.82, 2.24) is 5.32 Å². The van der Waals surface area contributed by atoms with E-state index in [-0.39, 0.29) is 6.10 Å². The number of hydrogen-bond donors (Lipinski definition) is 1. The Balaban J connectivity index is 2.61. The van der Waals surface area contributed by atoms with Gasteiger partial charge in [0.15, 0.2) is 0 Å². The van der Waals surface area contributed by atoms with Gasteiger partial charge < -0.3 is 19.5 Å². The summed E-state index contributed by atoms with van der Waals surface area (Å²) in [4.78, 5) is 0. The second-order valence-electron chi connectivity index (χ2n) is 4.46. The molecular formula is C15H25NO3. The zero-order valence-corrected chi connectivity index (χ0v) is 12.4. The molecule has 0 aliphatic rings. The number of methoxy groups -OCH3 is 1. The van der Waals surface area contributed by atoms with Gasteiger partial charge in [-0.3, -0.25) is 0 Å². The van der Waals surface area contributed by atoms with Gasteiger partial charge in [-0.2, -0.15) is 0 Å². The number of hydrogen-bond acceptors (Lipinski definition) is 4. The Hall–Kier alpha value is -1.10. The van der Waals surface area contributed by atoms with E-state index >= 15 is 0 Å². The van der Waals surface area contributed by atoms with E-state index in [2.05, 4.69) is 17.4 Å². The molecule has 1 N–H and O–H groups in total. The topological polar surface area (TPSA) is 39.7 Å². The van der Waals surface area contributed by atoms with Crippen LogP contribution >= 0.6 is 0 Å². The minimum Gasteiger partial charge on any atom is -0.496 e. The summed E-state index contributed by atoms with van der Waals surface area (Å²) in [5, 5.41) is 3.14. The maximum Gasteiger partial charge on any atom is 0.124 e. The molecule has 1 atom stereocenters. The summed E-state index contributed by atoms with van der Waals surface area (Å²) >= 11 is 0. The van der Waals surface area contributed by atoms with Crippen LogP contribution in [-0.2, 0) is 22.6 Å². The van der Waals surface area contributed by atoms with Crippen LogP contribution in [0.3, 0.4) is 0 Å². The fourth-order valence-electron chi connectivity index (χ4n) is 1.82. The Morgan fingerprint density at radius 2 is 2.11 bits per heavy atom. The molecule has 108 valence electrons. The fraction of sp³-hybridized carbons (Fsp3) is 0.600. The van der Waals surface area contributed by atoms with Crippen molar-refractivity contribution in [1.29, 1.82) is 0 Å². The molecule has 1 rings (SSSR count). The lowest BCUT2D eigenvalue weighted by Gasteiger charge is -2.15. The van der Waals surface area contributed by atoms with E-state index in [4.69, 9.17) is 14.2 Å². The molecule has 4 nitrogen and oxygen atoms in total. The van der Waals surface area contributed by atoms with Crippen LogP contribution in [0.5, 0.6) is 5.75 Å². The highest BCUT2D eigenvalue weighted by molar-refractivity contribution is 5.36. The Morgan fingerprint density at radius 3 is 2.74 bits per heavy atom. The zero-order chi connectivity index (χ0) is 14.1. The van der Waals surface area contributed by atoms with Crippen LogP contribution in [0, 0.1) is 0 Å². The quantitative estimate of drug-likeness (QED) is 0.745. The highest BCUT2D eigenvalue weighted by Crippen LogP contribution is 2.21. The molecule has 1 aromatic rings. The van der Waals surface area contributed by atoms with Crippen LogP contribution in [0.25, 0.3) is 0 Å². The maximum atomic E-state index is 5.78. The minimum absolute atomic E-state index is 0.0811. The molecule has 0 amide bonds. The third kappa shape index (κ3) is 5.59. The van der Waals surface area contributed by atoms with Crippen LogP contribution < -0.4 is 10.1 Å². The molecule has 19 heavy (non-hydrogen) atoms. The van der Waals surface area contributed by atoms with E-state index in [1.165, 1.54) is 5.56 Å². The van der Waals surface area contributed by atoms with Gasteiger partial charge in [0.25, 0.3) is 0 Å². The highest BCUT2D eigenvalue weighted by Gasteiger charge is 2.08. The Labute approximate surface area is 116 Å². The van der Waals surface area contributed by atoms with Gasteiger partial charge in [0, 0.05) is 18.7 Å². The molecule has 0 fully saturated rings. The van der Waals surface area contributed by atoms with Crippen LogP contribution in [0.2, 0.25) is 0 Å². The van der Waals surface area contributed by atoms with Gasteiger partial charge in [-0.05, 0) is 38.6 Å². The highest BCUT2D eigenvalue weighted by atomic mass is 16.5. The van der Waals surface area contributed by atoms with E-state index in [0.717, 1.165) is 17.9 Å². The van der Waals surface area contributed by atoms with Gasteiger partial charge in [0.1, 0.15) is 5.75 Å². The molecule has 0 heterocycles. The number of nitrogens with one attached hydrogen (secondary N) is 1. The van der Waals surface area contributed by atoms with Crippen LogP contribution in [0.15, 0.2) is 18.2 Å². The van der Waals surface area contributed by atoms with E-state index in [1.807, 2.05) is 27.0 Å². The van der Waals surface area contributed by atoms with Gasteiger partial charge in [0.05, 0.1) is 26.4 Å². The Kier molecular flexibility index (Phi) is 7.48. The molecule has 1 unspecified atom stereocenters. The molecule has 4 heteroatoms. The largest absolute Gasteiger partial charge is 0.496 e. The van der Waals surface area contributed by atoms with E-state index in [0.29, 0.717) is 19.8 Å². The van der Waals surface area contributed by atoms with Crippen molar-refractivity contribution in [3.05, 3.63) is 29.3 Å². The van der Waals surface area contributed by atoms with Gasteiger partial charge in [0.2, 0.25) is 0 Å². The first kappa shape index (κ1) is 16.0. The maximum absolute atomic E-state index is 5.78. The molecule has 0 saturated heterocycles. The van der Waals surface area contributed by atoms with Crippen molar-refractivity contribution in [3.63, 3.8) is 0 Å². The summed E-state index contributed by atoms with van der Waals surface area (Å²) in [7, 11) is 3.62. The van der Waals surface area contributed by atoms with E-state index in [9.17, 15) is 0 Å². The van der Waals surface area contributed by atoms with Crippen LogP contribution in [0.4, 0.5) is 0 Å². The molecule has 0 spiro atoms. The Morgan fingerprint density at radius 1 is 1.32 bits per heavy atom. The second kappa shape index (κ2) is 8.91. The summed E-state index contributed by atoms with van der Waals surface area (Å²) in [6.07, 6.45) is 0.0811. The van der Waals surface area contributed by atoms with Crippen molar-refractivity contribution < 1.29 is 14.2 Å². The van der Waals surface area contributed by atoms with Gasteiger partial charge in [-0.1, -0.05) is 6.07 Å². The molecule has 0 aliphatic heterocycles. The van der Waals surface area contributed by atoms with Gasteiger partial charge in [-0.25, -0.2) is 0 Å². The molecule has 0 aromatic heterocycles. The first-order valence-corrected chi connectivity index (χ1v) is 6.71. The summed E-state index contributed by atoms with van der Waals surface area (Å²) < 4.78 is 16.5. The van der Waals surface area contributed by atoms with Crippen molar-refractivity contribution in [3.8, 4) is 5.75 Å². The summed E-state index contributed by atoms with van der Waals surface area (Å²) in [5.41, 5.74) is 2.29. The normalized spacial score (nSPS) is 12.4. The second-order valence-corrected chi connectivity index (χ2v) is 4.46. The Bertz CT molecular complexity index is 368. The van der Waals surface area contributed by atoms with E-state index in [1.54, 1.807) is 7.11 Å². The summed E-state index contributed by atoms with van der Waals surface area (Å²) in [6, 6.07) is 6.16. The molecule has 0 bridgehead atoms. The average Bonchev–Trinajstić information content (AvgIpc) is 2.43. The van der Waals surface area contributed by atoms with Crippen molar-refractivity contribution in [2.24, 2.45) is 0 Å². The van der Waals surface area contributed by atoms with Crippen LogP contribution in [0.1, 0.15) is 25.0 Å². The number of ether oxygens (including phenoxy) is 3. The smallest absolute Gasteiger partial charge is 0.124 e. The molecule has 1 aromatic carbocycles. The van der Waals surface area contributed by atoms with Gasteiger partial charge in [-0.15, -0.1) is 0 Å². The first-order valence-electron chi connectivity index (χ1n) is 6.71. The van der Waals surface area contributed by atoms with Gasteiger partial charge >= 0.3 is 0 Å². The molecular weight excluding hydrogens is 242 g/mol. The third-order valence-corrected chi connectivity index (χ3v) is 2.81. The van der Waals surface area contributed by atoms with Crippen LogP contribution in [-0.4, -0.2) is 33.5 Å². The standard InChI is InChI=1S/C15H25NO3/c1-5-18-10-12(2)19-11-14-8-13(9-16-3)6-7-15(14)17-4/h6-8,12,16H,5,9-11H2,1-4H3. The zero-order valence-electron chi connectivity index (χ0n) is 12.4. The van der Waals surface area contributed by atoms with Crippen molar-refractivity contribution in [2.75, 3.05) is 27.4 Å². The molecule has 0 aliphatic carbocycles. The molecule has 0 saturated carbocycles. The summed E-state index contributed by atoms with van der Waals surface area (Å²) in [5.74, 6) is 0.864. The molecule has 0 radical (unpaired) electrons. The van der Waals surface area contributed by atoms with E-state index < -0.39 is 0 Å². The number of rotatable bonds is 9. The average molecular weight is 267 g/mol. The fourth-order valence-corrected chi connectivity index (χ4v) is 1.82.